The van der Waals surface area contributed by atoms with Crippen molar-refractivity contribution in [2.45, 2.75) is 13.2 Å². The van der Waals surface area contributed by atoms with Crippen LogP contribution in [0.15, 0.2) is 48.5 Å². The van der Waals surface area contributed by atoms with E-state index in [1.165, 1.54) is 0 Å². The number of para-hydroxylation sites is 4. The number of aliphatic hydroxyl groups excluding tert-OH is 1. The van der Waals surface area contributed by atoms with Crippen LogP contribution in [0.25, 0.3) is 22.1 Å². The van der Waals surface area contributed by atoms with Crippen LogP contribution in [0.5, 0.6) is 0 Å². The van der Waals surface area contributed by atoms with Gasteiger partial charge in [0.25, 0.3) is 0 Å². The molecule has 2 aromatic carbocycles. The number of benzene rings is 2. The molecule has 2 aromatic heterocycles. The second-order valence-electron chi connectivity index (χ2n) is 4.96. The molecular formula is C16H14N4O. The highest BCUT2D eigenvalue weighted by atomic mass is 16.3. The number of hydrogen-bond donors (Lipinski definition) is 2. The molecule has 5 nitrogen and oxygen atoms in total. The molecule has 0 radical (unpaired) electrons. The Morgan fingerprint density at radius 3 is 2.52 bits per heavy atom. The van der Waals surface area contributed by atoms with E-state index >= 15 is 0 Å². The van der Waals surface area contributed by atoms with Crippen LogP contribution in [0.4, 0.5) is 0 Å². The van der Waals surface area contributed by atoms with Gasteiger partial charge in [0, 0.05) is 0 Å². The molecule has 0 aliphatic rings. The van der Waals surface area contributed by atoms with Crippen LogP contribution in [0.3, 0.4) is 0 Å². The fourth-order valence-electron chi connectivity index (χ4n) is 2.65. The van der Waals surface area contributed by atoms with E-state index in [9.17, 15) is 5.11 Å². The highest BCUT2D eigenvalue weighted by Gasteiger charge is 2.11. The highest BCUT2D eigenvalue weighted by Crippen LogP contribution is 2.18. The topological polar surface area (TPSA) is 66.7 Å². The first kappa shape index (κ1) is 12.1. The summed E-state index contributed by atoms with van der Waals surface area (Å²) < 4.78 is 1.99. The second-order valence-corrected chi connectivity index (χ2v) is 4.96. The van der Waals surface area contributed by atoms with Crippen LogP contribution in [0.1, 0.15) is 11.6 Å². The first-order chi connectivity index (χ1) is 10.3. The third kappa shape index (κ3) is 1.98. The lowest BCUT2D eigenvalue weighted by atomic mass is 10.3. The summed E-state index contributed by atoms with van der Waals surface area (Å²) in [5.41, 5.74) is 3.85. The van der Waals surface area contributed by atoms with Gasteiger partial charge < -0.3 is 14.7 Å². The molecule has 2 N–H and O–H groups in total. The van der Waals surface area contributed by atoms with Gasteiger partial charge in [-0.1, -0.05) is 24.3 Å². The van der Waals surface area contributed by atoms with Gasteiger partial charge in [-0.25, -0.2) is 9.97 Å². The predicted octanol–water partition coefficient (Wildman–Crippen LogP) is 2.45. The maximum Gasteiger partial charge on any atom is 0.136 e. The van der Waals surface area contributed by atoms with Gasteiger partial charge in [0.15, 0.2) is 0 Å². The fourth-order valence-corrected chi connectivity index (χ4v) is 2.65. The average Bonchev–Trinajstić information content (AvgIpc) is 3.08. The summed E-state index contributed by atoms with van der Waals surface area (Å²) in [7, 11) is 0. The molecular weight excluding hydrogens is 264 g/mol. The smallest absolute Gasteiger partial charge is 0.136 e. The number of H-pyrrole nitrogens is 1. The van der Waals surface area contributed by atoms with E-state index in [1.54, 1.807) is 0 Å². The maximum absolute atomic E-state index is 9.52. The van der Waals surface area contributed by atoms with E-state index in [0.29, 0.717) is 12.4 Å². The molecule has 0 saturated carbocycles. The van der Waals surface area contributed by atoms with E-state index in [1.807, 2.05) is 53.1 Å². The fraction of sp³-hybridized carbons (Fsp3) is 0.125. The second kappa shape index (κ2) is 4.71. The number of rotatable bonds is 3. The van der Waals surface area contributed by atoms with Crippen molar-refractivity contribution < 1.29 is 5.11 Å². The molecule has 0 bridgehead atoms. The van der Waals surface area contributed by atoms with Crippen molar-refractivity contribution in [2.24, 2.45) is 0 Å². The van der Waals surface area contributed by atoms with E-state index in [-0.39, 0.29) is 6.61 Å². The molecule has 0 unspecified atom stereocenters. The Labute approximate surface area is 120 Å². The Kier molecular flexibility index (Phi) is 2.72. The lowest BCUT2D eigenvalue weighted by Crippen LogP contribution is -2.06. The van der Waals surface area contributed by atoms with Crippen LogP contribution in [0, 0.1) is 0 Å². The molecule has 104 valence electrons. The summed E-state index contributed by atoms with van der Waals surface area (Å²) in [6.07, 6.45) is 0. The molecule has 5 heteroatoms. The zero-order valence-electron chi connectivity index (χ0n) is 11.3. The van der Waals surface area contributed by atoms with Crippen molar-refractivity contribution in [2.75, 3.05) is 0 Å². The zero-order valence-corrected chi connectivity index (χ0v) is 11.3. The Balaban J connectivity index is 1.82. The predicted molar refractivity (Wildman–Crippen MR) is 80.9 cm³/mol. The minimum atomic E-state index is -0.0884. The SMILES string of the molecule is OCc1nc2ccccc2n1Cc1nc2ccccc2[nH]1. The van der Waals surface area contributed by atoms with Crippen LogP contribution in [0.2, 0.25) is 0 Å². The molecule has 0 aliphatic heterocycles. The van der Waals surface area contributed by atoms with Crippen molar-refractivity contribution in [1.29, 1.82) is 0 Å². The van der Waals surface area contributed by atoms with Crippen LogP contribution < -0.4 is 0 Å². The van der Waals surface area contributed by atoms with Crippen LogP contribution >= 0.6 is 0 Å². The number of nitrogens with one attached hydrogen (secondary N) is 1. The molecule has 0 amide bonds. The van der Waals surface area contributed by atoms with Gasteiger partial charge in [-0.3, -0.25) is 0 Å². The van der Waals surface area contributed by atoms with Crippen LogP contribution in [-0.2, 0) is 13.2 Å². The van der Waals surface area contributed by atoms with Gasteiger partial charge in [0.2, 0.25) is 0 Å². The Bertz CT molecular complexity index is 889. The Morgan fingerprint density at radius 2 is 1.71 bits per heavy atom. The van der Waals surface area contributed by atoms with Gasteiger partial charge in [-0.2, -0.15) is 0 Å². The molecule has 4 aromatic rings. The number of aliphatic hydroxyl groups is 1. The third-order valence-electron chi connectivity index (χ3n) is 3.62. The minimum Gasteiger partial charge on any atom is -0.388 e. The van der Waals surface area contributed by atoms with Gasteiger partial charge in [-0.05, 0) is 24.3 Å². The summed E-state index contributed by atoms with van der Waals surface area (Å²) in [4.78, 5) is 12.3. The molecule has 2 heterocycles. The van der Waals surface area contributed by atoms with Gasteiger partial charge in [0.05, 0.1) is 28.6 Å². The summed E-state index contributed by atoms with van der Waals surface area (Å²) in [5.74, 6) is 1.51. The van der Waals surface area contributed by atoms with Crippen molar-refractivity contribution in [3.63, 3.8) is 0 Å². The monoisotopic (exact) mass is 278 g/mol. The molecule has 0 spiro atoms. The number of nitrogens with zero attached hydrogens (tertiary/aromatic N) is 3. The number of imidazole rings is 2. The van der Waals surface area contributed by atoms with Crippen LogP contribution in [-0.4, -0.2) is 24.6 Å². The Hall–Kier alpha value is -2.66. The van der Waals surface area contributed by atoms with Gasteiger partial charge in [0.1, 0.15) is 18.3 Å². The summed E-state index contributed by atoms with van der Waals surface area (Å²) >= 11 is 0. The summed E-state index contributed by atoms with van der Waals surface area (Å²) in [6, 6.07) is 15.8. The largest absolute Gasteiger partial charge is 0.388 e. The molecule has 0 aliphatic carbocycles. The quantitative estimate of drug-likeness (QED) is 0.605. The normalized spacial score (nSPS) is 11.5. The van der Waals surface area contributed by atoms with Gasteiger partial charge >= 0.3 is 0 Å². The first-order valence-electron chi connectivity index (χ1n) is 6.84. The van der Waals surface area contributed by atoms with Gasteiger partial charge in [-0.15, -0.1) is 0 Å². The molecule has 21 heavy (non-hydrogen) atoms. The maximum atomic E-state index is 9.52. The average molecular weight is 278 g/mol. The lowest BCUT2D eigenvalue weighted by Gasteiger charge is -2.05. The number of aromatic nitrogens is 4. The molecule has 0 fully saturated rings. The number of fused-ring (bicyclic) bond motifs is 2. The van der Waals surface area contributed by atoms with Crippen molar-refractivity contribution in [3.8, 4) is 0 Å². The van der Waals surface area contributed by atoms with Crippen molar-refractivity contribution in [3.05, 3.63) is 60.2 Å². The van der Waals surface area contributed by atoms with Crippen molar-refractivity contribution in [1.82, 2.24) is 19.5 Å². The zero-order chi connectivity index (χ0) is 14.2. The highest BCUT2D eigenvalue weighted by molar-refractivity contribution is 5.76. The summed E-state index contributed by atoms with van der Waals surface area (Å²) in [5, 5.41) is 9.52. The molecule has 0 atom stereocenters. The minimum absolute atomic E-state index is 0.0884. The van der Waals surface area contributed by atoms with E-state index in [2.05, 4.69) is 15.0 Å². The number of hydrogen-bond acceptors (Lipinski definition) is 3. The van der Waals surface area contributed by atoms with E-state index in [4.69, 9.17) is 0 Å². The third-order valence-corrected chi connectivity index (χ3v) is 3.62. The Morgan fingerprint density at radius 1 is 0.952 bits per heavy atom. The van der Waals surface area contributed by atoms with Crippen molar-refractivity contribution >= 4 is 22.1 Å². The molecule has 0 saturated heterocycles. The summed E-state index contributed by atoms with van der Waals surface area (Å²) in [6.45, 7) is 0.472. The standard InChI is InChI=1S/C16H14N4O/c21-10-16-19-13-7-3-4-8-14(13)20(16)9-15-17-11-5-1-2-6-12(11)18-15/h1-8,21H,9-10H2,(H,17,18). The van der Waals surface area contributed by atoms with E-state index in [0.717, 1.165) is 27.9 Å². The lowest BCUT2D eigenvalue weighted by molar-refractivity contribution is 0.266. The van der Waals surface area contributed by atoms with E-state index < -0.39 is 0 Å². The number of aromatic amines is 1. The first-order valence-corrected chi connectivity index (χ1v) is 6.84. The molecule has 4 rings (SSSR count).